The second-order valence-electron chi connectivity index (χ2n) is 6.71. The van der Waals surface area contributed by atoms with E-state index >= 15 is 0 Å². The molecule has 0 radical (unpaired) electrons. The first-order valence-electron chi connectivity index (χ1n) is 7.70. The lowest BCUT2D eigenvalue weighted by molar-refractivity contribution is -0.117. The smallest absolute Gasteiger partial charge is 0.255 e. The monoisotopic (exact) mass is 326 g/mol. The van der Waals surface area contributed by atoms with E-state index in [4.69, 9.17) is 5.73 Å². The predicted molar refractivity (Wildman–Crippen MR) is 94.1 cm³/mol. The summed E-state index contributed by atoms with van der Waals surface area (Å²) in [6, 6.07) is 12.2. The van der Waals surface area contributed by atoms with Gasteiger partial charge >= 0.3 is 0 Å². The normalized spacial score (nSPS) is 11.1. The van der Waals surface area contributed by atoms with E-state index in [-0.39, 0.29) is 23.5 Å². The zero-order chi connectivity index (χ0) is 17.9. The van der Waals surface area contributed by atoms with Crippen molar-refractivity contribution in [3.05, 3.63) is 59.2 Å². The lowest BCUT2D eigenvalue weighted by atomic mass is 9.84. The summed E-state index contributed by atoms with van der Waals surface area (Å²) in [5.41, 5.74) is 6.88. The molecule has 2 rings (SSSR count). The van der Waals surface area contributed by atoms with Gasteiger partial charge in [-0.2, -0.15) is 0 Å². The maximum Gasteiger partial charge on any atom is 0.255 e. The summed E-state index contributed by atoms with van der Waals surface area (Å²) in [5.74, 6) is -0.993. The van der Waals surface area contributed by atoms with Gasteiger partial charge in [-0.05, 0) is 23.1 Å². The molecule has 0 fully saturated rings. The summed E-state index contributed by atoms with van der Waals surface area (Å²) in [5, 5.41) is 13.3. The van der Waals surface area contributed by atoms with Gasteiger partial charge in [-0.25, -0.2) is 0 Å². The molecule has 5 heteroatoms. The molecular formula is C19H22N2O3. The lowest BCUT2D eigenvalue weighted by Crippen LogP contribution is -2.20. The third-order valence-electron chi connectivity index (χ3n) is 3.71. The largest absolute Gasteiger partial charge is 0.505 e. The summed E-state index contributed by atoms with van der Waals surface area (Å²) >= 11 is 0. The maximum absolute atomic E-state index is 12.5. The van der Waals surface area contributed by atoms with E-state index in [0.717, 1.165) is 5.56 Å². The second kappa shape index (κ2) is 6.74. The fraction of sp³-hybridized carbons (Fsp3) is 0.263. The van der Waals surface area contributed by atoms with E-state index in [9.17, 15) is 14.7 Å². The Morgan fingerprint density at radius 2 is 1.71 bits per heavy atom. The predicted octanol–water partition coefficient (Wildman–Crippen LogP) is 2.97. The number of benzene rings is 2. The average Bonchev–Trinajstić information content (AvgIpc) is 2.50. The highest BCUT2D eigenvalue weighted by Crippen LogP contribution is 2.38. The van der Waals surface area contributed by atoms with E-state index in [2.05, 4.69) is 5.32 Å². The SMILES string of the molecule is CC(C)(C)c1ccc(CC(N)=O)c(O)c1NC(=O)c1ccccc1. The Hall–Kier alpha value is -2.82. The number of phenolic OH excluding ortho intramolecular Hbond substituents is 1. The Bertz CT molecular complexity index is 762. The molecule has 0 aliphatic heterocycles. The van der Waals surface area contributed by atoms with Gasteiger partial charge < -0.3 is 16.2 Å². The highest BCUT2D eigenvalue weighted by Gasteiger charge is 2.24. The minimum absolute atomic E-state index is 0.0928. The highest BCUT2D eigenvalue weighted by molar-refractivity contribution is 6.05. The first kappa shape index (κ1) is 17.5. The molecule has 0 heterocycles. The van der Waals surface area contributed by atoms with Crippen LogP contribution in [0, 0.1) is 0 Å². The number of rotatable bonds is 4. The van der Waals surface area contributed by atoms with Crippen LogP contribution in [0.15, 0.2) is 42.5 Å². The first-order chi connectivity index (χ1) is 11.2. The van der Waals surface area contributed by atoms with Crippen molar-refractivity contribution in [2.45, 2.75) is 32.6 Å². The number of carbonyl (C=O) groups excluding carboxylic acids is 2. The Kier molecular flexibility index (Phi) is 4.93. The molecule has 0 aromatic heterocycles. The molecule has 4 N–H and O–H groups in total. The number of anilines is 1. The number of hydrogen-bond acceptors (Lipinski definition) is 3. The number of aromatic hydroxyl groups is 1. The molecule has 0 unspecified atom stereocenters. The molecule has 0 bridgehead atoms. The molecule has 2 amide bonds. The van der Waals surface area contributed by atoms with Crippen LogP contribution in [0.1, 0.15) is 42.3 Å². The Morgan fingerprint density at radius 1 is 1.08 bits per heavy atom. The van der Waals surface area contributed by atoms with Crippen molar-refractivity contribution in [2.24, 2.45) is 5.73 Å². The molecule has 0 atom stereocenters. The number of nitrogens with two attached hydrogens (primary N) is 1. The van der Waals surface area contributed by atoms with Crippen molar-refractivity contribution in [2.75, 3.05) is 5.32 Å². The van der Waals surface area contributed by atoms with Crippen LogP contribution in [0.2, 0.25) is 0 Å². The Balaban J connectivity index is 2.48. The van der Waals surface area contributed by atoms with E-state index < -0.39 is 5.91 Å². The molecular weight excluding hydrogens is 304 g/mol. The van der Waals surface area contributed by atoms with Crippen LogP contribution in [0.25, 0.3) is 0 Å². The van der Waals surface area contributed by atoms with Gasteiger partial charge in [0, 0.05) is 11.1 Å². The Morgan fingerprint density at radius 3 is 2.25 bits per heavy atom. The molecule has 5 nitrogen and oxygen atoms in total. The summed E-state index contributed by atoms with van der Waals surface area (Å²) < 4.78 is 0. The number of amides is 2. The molecule has 126 valence electrons. The number of phenols is 1. The first-order valence-corrected chi connectivity index (χ1v) is 7.70. The lowest BCUT2D eigenvalue weighted by Gasteiger charge is -2.25. The molecule has 2 aromatic rings. The number of carbonyl (C=O) groups is 2. The van der Waals surface area contributed by atoms with Crippen LogP contribution < -0.4 is 11.1 Å². The Labute approximate surface area is 141 Å². The van der Waals surface area contributed by atoms with E-state index in [1.807, 2.05) is 26.8 Å². The van der Waals surface area contributed by atoms with Crippen molar-refractivity contribution in [1.29, 1.82) is 0 Å². The van der Waals surface area contributed by atoms with Gasteiger partial charge in [0.05, 0.1) is 12.1 Å². The van der Waals surface area contributed by atoms with Gasteiger partial charge in [0.25, 0.3) is 5.91 Å². The second-order valence-corrected chi connectivity index (χ2v) is 6.71. The van der Waals surface area contributed by atoms with Crippen LogP contribution in [0.5, 0.6) is 5.75 Å². The zero-order valence-corrected chi connectivity index (χ0v) is 14.1. The van der Waals surface area contributed by atoms with Gasteiger partial charge in [-0.3, -0.25) is 9.59 Å². The average molecular weight is 326 g/mol. The van der Waals surface area contributed by atoms with Gasteiger partial charge in [-0.15, -0.1) is 0 Å². The molecule has 2 aromatic carbocycles. The van der Waals surface area contributed by atoms with Crippen LogP contribution in [-0.2, 0) is 16.6 Å². The van der Waals surface area contributed by atoms with Crippen molar-refractivity contribution in [3.8, 4) is 5.75 Å². The fourth-order valence-corrected chi connectivity index (χ4v) is 2.49. The van der Waals surface area contributed by atoms with Crippen molar-refractivity contribution in [3.63, 3.8) is 0 Å². The number of nitrogens with one attached hydrogen (secondary N) is 1. The van der Waals surface area contributed by atoms with E-state index in [0.29, 0.717) is 16.8 Å². The summed E-state index contributed by atoms with van der Waals surface area (Å²) in [6.45, 7) is 5.94. The molecule has 0 saturated carbocycles. The molecule has 0 aliphatic carbocycles. The van der Waals surface area contributed by atoms with Gasteiger partial charge in [-0.1, -0.05) is 51.1 Å². The van der Waals surface area contributed by atoms with Gasteiger partial charge in [0.1, 0.15) is 5.75 Å². The minimum atomic E-state index is -0.547. The van der Waals surface area contributed by atoms with E-state index in [1.54, 1.807) is 36.4 Å². The topological polar surface area (TPSA) is 92.4 Å². The highest BCUT2D eigenvalue weighted by atomic mass is 16.3. The van der Waals surface area contributed by atoms with Crippen molar-refractivity contribution in [1.82, 2.24) is 0 Å². The molecule has 0 aliphatic rings. The molecule has 0 spiro atoms. The van der Waals surface area contributed by atoms with Gasteiger partial charge in [0.15, 0.2) is 0 Å². The quantitative estimate of drug-likeness (QED) is 0.754. The maximum atomic E-state index is 12.5. The van der Waals surface area contributed by atoms with Crippen LogP contribution in [-0.4, -0.2) is 16.9 Å². The van der Waals surface area contributed by atoms with Crippen LogP contribution >= 0.6 is 0 Å². The molecule has 0 saturated heterocycles. The van der Waals surface area contributed by atoms with Crippen molar-refractivity contribution < 1.29 is 14.7 Å². The van der Waals surface area contributed by atoms with Gasteiger partial charge in [0.2, 0.25) is 5.91 Å². The van der Waals surface area contributed by atoms with Crippen LogP contribution in [0.3, 0.4) is 0 Å². The summed E-state index contributed by atoms with van der Waals surface area (Å²) in [6.07, 6.45) is -0.0928. The minimum Gasteiger partial charge on any atom is -0.505 e. The van der Waals surface area contributed by atoms with Crippen LogP contribution in [0.4, 0.5) is 5.69 Å². The number of primary amides is 1. The summed E-state index contributed by atoms with van der Waals surface area (Å²) in [4.78, 5) is 23.6. The van der Waals surface area contributed by atoms with Crippen molar-refractivity contribution >= 4 is 17.5 Å². The third kappa shape index (κ3) is 3.93. The number of hydrogen-bond donors (Lipinski definition) is 3. The summed E-state index contributed by atoms with van der Waals surface area (Å²) in [7, 11) is 0. The molecule has 24 heavy (non-hydrogen) atoms. The zero-order valence-electron chi connectivity index (χ0n) is 14.1. The fourth-order valence-electron chi connectivity index (χ4n) is 2.49. The third-order valence-corrected chi connectivity index (χ3v) is 3.71. The van der Waals surface area contributed by atoms with E-state index in [1.165, 1.54) is 0 Å². The standard InChI is InChI=1S/C19H22N2O3/c1-19(2,3)14-10-9-13(11-15(20)22)17(23)16(14)21-18(24)12-7-5-4-6-8-12/h4-10,23H,11H2,1-3H3,(H2,20,22)(H,21,24).